The van der Waals surface area contributed by atoms with Crippen molar-refractivity contribution in [3.05, 3.63) is 0 Å². The monoisotopic (exact) mass is 638 g/mol. The second-order valence-corrected chi connectivity index (χ2v) is 10.9. The SMILES string of the molecule is CN1CC(=O)NC1=N.C[N+](C)(C)CC(O)CC(=O)O.C[N+](C)(C)CCO.NCC(=O)O.OCC(O)CO.OCC(O)CO. The first-order chi connectivity index (χ1) is 19.5. The molecule has 1 unspecified atom stereocenters. The Bertz CT molecular complexity index is 701. The minimum absolute atomic E-state index is 0.0995. The van der Waals surface area contributed by atoms with Crippen LogP contribution in [0.25, 0.3) is 0 Å². The molecular weight excluding hydrogens is 580 g/mol. The van der Waals surface area contributed by atoms with Crippen molar-refractivity contribution in [2.75, 3.05) is 109 Å². The lowest BCUT2D eigenvalue weighted by Gasteiger charge is -2.25. The van der Waals surface area contributed by atoms with Crippen molar-refractivity contribution in [1.29, 1.82) is 5.41 Å². The minimum Gasteiger partial charge on any atom is -0.481 e. The number of hydrogen-bond donors (Lipinski definition) is 13. The number of aliphatic carboxylic acids is 2. The molecule has 0 aromatic rings. The van der Waals surface area contributed by atoms with Crippen molar-refractivity contribution in [2.24, 2.45) is 5.73 Å². The van der Waals surface area contributed by atoms with E-state index < -0.39 is 30.3 Å². The van der Waals surface area contributed by atoms with Gasteiger partial charge in [-0.25, -0.2) is 0 Å². The molecule has 0 aliphatic carbocycles. The molecule has 14 N–H and O–H groups in total. The van der Waals surface area contributed by atoms with E-state index in [0.29, 0.717) is 17.6 Å². The van der Waals surface area contributed by atoms with Crippen LogP contribution in [0.5, 0.6) is 0 Å². The molecule has 0 aromatic heterocycles. The van der Waals surface area contributed by atoms with Gasteiger partial charge in [0, 0.05) is 7.05 Å². The number of likely N-dealkylation sites (N-methyl/N-ethyl adjacent to an activating group) is 3. The van der Waals surface area contributed by atoms with E-state index in [1.807, 2.05) is 21.1 Å². The van der Waals surface area contributed by atoms with Crippen LogP contribution in [0.4, 0.5) is 0 Å². The van der Waals surface area contributed by atoms with E-state index in [2.05, 4.69) is 32.2 Å². The van der Waals surface area contributed by atoms with Gasteiger partial charge in [0.2, 0.25) is 5.91 Å². The topological polar surface area (TPSA) is 319 Å². The summed E-state index contributed by atoms with van der Waals surface area (Å²) in [5.41, 5.74) is 4.57. The second-order valence-electron chi connectivity index (χ2n) is 10.9. The molecule has 19 heteroatoms. The number of hydrogen-bond acceptors (Lipinski definition) is 13. The summed E-state index contributed by atoms with van der Waals surface area (Å²) in [7, 11) is 13.6. The molecule has 0 radical (unpaired) electrons. The van der Waals surface area contributed by atoms with Crippen LogP contribution in [0.1, 0.15) is 6.42 Å². The Hall–Kier alpha value is -2.56. The minimum atomic E-state index is -0.968. The van der Waals surface area contributed by atoms with Gasteiger partial charge in [-0.05, 0) is 0 Å². The van der Waals surface area contributed by atoms with E-state index in [-0.39, 0.29) is 57.9 Å². The quantitative estimate of drug-likeness (QED) is 0.0936. The average molecular weight is 639 g/mol. The first-order valence-electron chi connectivity index (χ1n) is 12.9. The molecule has 1 aliphatic heterocycles. The summed E-state index contributed by atoms with van der Waals surface area (Å²) in [6.07, 6.45) is -2.82. The van der Waals surface area contributed by atoms with Crippen molar-refractivity contribution < 1.29 is 74.4 Å². The van der Waals surface area contributed by atoms with Crippen molar-refractivity contribution in [2.45, 2.75) is 24.7 Å². The van der Waals surface area contributed by atoms with Crippen molar-refractivity contribution in [1.82, 2.24) is 10.2 Å². The Labute approximate surface area is 253 Å². The number of aliphatic hydroxyl groups excluding tert-OH is 8. The summed E-state index contributed by atoms with van der Waals surface area (Å²) >= 11 is 0. The molecular formula is C24H58N6O13+2. The molecule has 0 aromatic carbocycles. The van der Waals surface area contributed by atoms with Crippen molar-refractivity contribution in [3.8, 4) is 0 Å². The van der Waals surface area contributed by atoms with Crippen LogP contribution in [0.15, 0.2) is 0 Å². The van der Waals surface area contributed by atoms with Gasteiger partial charge < -0.3 is 70.7 Å². The molecule has 0 bridgehead atoms. The first kappa shape index (κ1) is 50.1. The van der Waals surface area contributed by atoms with E-state index in [4.69, 9.17) is 56.5 Å². The number of amides is 1. The van der Waals surface area contributed by atoms with Crippen LogP contribution in [0, 0.1) is 5.41 Å². The van der Waals surface area contributed by atoms with E-state index >= 15 is 0 Å². The summed E-state index contributed by atoms with van der Waals surface area (Å²) in [5, 5.41) is 90.8. The van der Waals surface area contributed by atoms with Gasteiger partial charge in [0.05, 0.1) is 94.8 Å². The smallest absolute Gasteiger partial charge is 0.317 e. The Morgan fingerprint density at radius 3 is 1.30 bits per heavy atom. The van der Waals surface area contributed by atoms with Crippen molar-refractivity contribution >= 4 is 23.8 Å². The van der Waals surface area contributed by atoms with Crippen molar-refractivity contribution in [3.63, 3.8) is 0 Å². The van der Waals surface area contributed by atoms with Crippen LogP contribution in [0.3, 0.4) is 0 Å². The van der Waals surface area contributed by atoms with Crippen LogP contribution in [-0.2, 0) is 14.4 Å². The number of nitrogens with one attached hydrogen (secondary N) is 2. The zero-order chi connectivity index (χ0) is 35.4. The number of carboxylic acids is 2. The van der Waals surface area contributed by atoms with Gasteiger partial charge in [0.25, 0.3) is 0 Å². The number of aliphatic hydroxyl groups is 8. The van der Waals surface area contributed by atoms with Gasteiger partial charge in [-0.3, -0.25) is 25.1 Å². The zero-order valence-electron chi connectivity index (χ0n) is 26.4. The number of carbonyl (C=O) groups excluding carboxylic acids is 1. The molecule has 0 spiro atoms. The predicted molar refractivity (Wildman–Crippen MR) is 157 cm³/mol. The number of nitrogens with zero attached hydrogens (tertiary/aromatic N) is 3. The summed E-state index contributed by atoms with van der Waals surface area (Å²) in [5.74, 6) is -1.83. The molecule has 1 saturated heterocycles. The fourth-order valence-corrected chi connectivity index (χ4v) is 1.88. The van der Waals surface area contributed by atoms with Gasteiger partial charge in [0.1, 0.15) is 31.4 Å². The largest absolute Gasteiger partial charge is 0.481 e. The molecule has 0 saturated carbocycles. The molecule has 19 nitrogen and oxygen atoms in total. The third-order valence-corrected chi connectivity index (χ3v) is 3.98. The molecule has 1 rings (SSSR count). The summed E-state index contributed by atoms with van der Waals surface area (Å²) in [4.78, 5) is 31.3. The number of carboxylic acid groups (broad SMARTS) is 2. The summed E-state index contributed by atoms with van der Waals surface area (Å²) in [6, 6.07) is 0. The van der Waals surface area contributed by atoms with Gasteiger partial charge in [-0.15, -0.1) is 0 Å². The highest BCUT2D eigenvalue weighted by atomic mass is 16.4. The standard InChI is InChI=1S/C7H15NO3.C5H14NO.C4H7N3O.2C3H8O3.C2H5NO2/c1-8(2,3)5-6(9)4-7(10)11;1-6(2,3)4-5-7;1-7-2-3(8)6-4(7)5;2*4-1-3(6)2-5;3-1-2(4)5/h6,9H,4-5H2,1-3H3;7H,4-5H2,1-3H3;2H2,1H3,(H2,5,6,8);2*3-6H,1-2H2;1,3H2,(H,4,5)/q;+1;;;;/p+1. The molecule has 1 heterocycles. The third kappa shape index (κ3) is 52.5. The number of carbonyl (C=O) groups is 3. The first-order valence-corrected chi connectivity index (χ1v) is 12.9. The Kier molecular flexibility index (Phi) is 34.4. The predicted octanol–water partition coefficient (Wildman–Crippen LogP) is -6.11. The van der Waals surface area contributed by atoms with E-state index in [1.165, 1.54) is 0 Å². The normalized spacial score (nSPS) is 12.9. The zero-order valence-corrected chi connectivity index (χ0v) is 26.4. The van der Waals surface area contributed by atoms with Crippen LogP contribution >= 0.6 is 0 Å². The van der Waals surface area contributed by atoms with Gasteiger partial charge in [-0.2, -0.15) is 0 Å². The number of nitrogens with two attached hydrogens (primary N) is 1. The number of rotatable bonds is 11. The third-order valence-electron chi connectivity index (χ3n) is 3.98. The Morgan fingerprint density at radius 2 is 1.21 bits per heavy atom. The van der Waals surface area contributed by atoms with Gasteiger partial charge >= 0.3 is 11.9 Å². The summed E-state index contributed by atoms with van der Waals surface area (Å²) in [6.45, 7) is 0.161. The fourth-order valence-electron chi connectivity index (χ4n) is 1.88. The molecule has 260 valence electrons. The van der Waals surface area contributed by atoms with E-state index in [0.717, 1.165) is 11.0 Å². The molecule has 1 aliphatic rings. The highest BCUT2D eigenvalue weighted by Crippen LogP contribution is 1.98. The van der Waals surface area contributed by atoms with Gasteiger partial charge in [-0.1, -0.05) is 0 Å². The lowest BCUT2D eigenvalue weighted by atomic mass is 10.2. The Morgan fingerprint density at radius 1 is 0.837 bits per heavy atom. The maximum Gasteiger partial charge on any atom is 0.317 e. The molecule has 1 atom stereocenters. The lowest BCUT2D eigenvalue weighted by Crippen LogP contribution is -2.42. The molecule has 1 fully saturated rings. The van der Waals surface area contributed by atoms with E-state index in [9.17, 15) is 14.4 Å². The second kappa shape index (κ2) is 29.5. The highest BCUT2D eigenvalue weighted by Gasteiger charge is 2.19. The van der Waals surface area contributed by atoms with E-state index in [1.54, 1.807) is 11.9 Å². The number of guanidine groups is 1. The Balaban J connectivity index is -0.000000137. The fraction of sp³-hybridized carbons (Fsp3) is 0.833. The molecule has 1 amide bonds. The summed E-state index contributed by atoms with van der Waals surface area (Å²) < 4.78 is 1.42. The maximum absolute atomic E-state index is 10.4. The highest BCUT2D eigenvalue weighted by molar-refractivity contribution is 6.02. The number of quaternary nitrogens is 2. The van der Waals surface area contributed by atoms with Crippen LogP contribution < -0.4 is 11.1 Å². The lowest BCUT2D eigenvalue weighted by molar-refractivity contribution is -0.873. The van der Waals surface area contributed by atoms with Crippen LogP contribution in [-0.4, -0.2) is 216 Å². The average Bonchev–Trinajstić information content (AvgIpc) is 3.16. The van der Waals surface area contributed by atoms with Crippen LogP contribution in [0.2, 0.25) is 0 Å². The van der Waals surface area contributed by atoms with Gasteiger partial charge in [0.15, 0.2) is 5.96 Å². The maximum atomic E-state index is 10.4. The molecule has 43 heavy (non-hydrogen) atoms.